The van der Waals surface area contributed by atoms with E-state index in [1.54, 1.807) is 24.3 Å². The number of methoxy groups -OCH3 is 1. The number of amides is 1. The zero-order valence-corrected chi connectivity index (χ0v) is 19.1. The quantitative estimate of drug-likeness (QED) is 0.366. The standard InChI is InChI=1S/C23H26N4O4S/c1-4-16-9-11-19(12-10-16)31-14-20-25-26-23(27(20)5-2)32-15-21(28)24-18-8-6-7-17(13-18)22(29)30-3/h6-13H,4-5,14-15H2,1-3H3,(H,24,28). The van der Waals surface area contributed by atoms with Crippen molar-refractivity contribution in [2.45, 2.75) is 38.6 Å². The van der Waals surface area contributed by atoms with Crippen molar-refractivity contribution in [3.05, 3.63) is 65.5 Å². The number of benzene rings is 2. The van der Waals surface area contributed by atoms with Gasteiger partial charge in [-0.15, -0.1) is 10.2 Å². The van der Waals surface area contributed by atoms with Gasteiger partial charge in [0.1, 0.15) is 12.4 Å². The number of hydrogen-bond donors (Lipinski definition) is 1. The lowest BCUT2D eigenvalue weighted by Crippen LogP contribution is -2.15. The molecule has 1 aromatic heterocycles. The van der Waals surface area contributed by atoms with Gasteiger partial charge in [0.2, 0.25) is 5.91 Å². The lowest BCUT2D eigenvalue weighted by atomic mass is 10.2. The number of esters is 1. The number of rotatable bonds is 10. The third-order valence-corrected chi connectivity index (χ3v) is 5.68. The number of carbonyl (C=O) groups excluding carboxylic acids is 2. The number of hydrogen-bond acceptors (Lipinski definition) is 7. The fourth-order valence-electron chi connectivity index (χ4n) is 2.99. The zero-order chi connectivity index (χ0) is 22.9. The first-order chi connectivity index (χ1) is 15.5. The molecule has 0 atom stereocenters. The molecular formula is C23H26N4O4S. The highest BCUT2D eigenvalue weighted by atomic mass is 32.2. The topological polar surface area (TPSA) is 95.3 Å². The fourth-order valence-corrected chi connectivity index (χ4v) is 3.81. The van der Waals surface area contributed by atoms with Gasteiger partial charge in [0.15, 0.2) is 11.0 Å². The van der Waals surface area contributed by atoms with Crippen molar-refractivity contribution in [2.75, 3.05) is 18.2 Å². The number of thioether (sulfide) groups is 1. The maximum absolute atomic E-state index is 12.4. The Labute approximate surface area is 191 Å². The number of anilines is 1. The summed E-state index contributed by atoms with van der Waals surface area (Å²) in [7, 11) is 1.31. The summed E-state index contributed by atoms with van der Waals surface area (Å²) in [5, 5.41) is 11.9. The van der Waals surface area contributed by atoms with Crippen molar-refractivity contribution in [3.8, 4) is 5.75 Å². The third kappa shape index (κ3) is 6.10. The molecule has 3 rings (SSSR count). The molecule has 0 radical (unpaired) electrons. The predicted molar refractivity (Wildman–Crippen MR) is 123 cm³/mol. The first-order valence-corrected chi connectivity index (χ1v) is 11.3. The largest absolute Gasteiger partial charge is 0.486 e. The van der Waals surface area contributed by atoms with E-state index >= 15 is 0 Å². The van der Waals surface area contributed by atoms with Crippen molar-refractivity contribution in [2.24, 2.45) is 0 Å². The lowest BCUT2D eigenvalue weighted by Gasteiger charge is -2.09. The van der Waals surface area contributed by atoms with Crippen LogP contribution in [0, 0.1) is 0 Å². The van der Waals surface area contributed by atoms with Crippen LogP contribution < -0.4 is 10.1 Å². The van der Waals surface area contributed by atoms with Gasteiger partial charge >= 0.3 is 5.97 Å². The third-order valence-electron chi connectivity index (χ3n) is 4.71. The molecule has 0 bridgehead atoms. The molecule has 0 fully saturated rings. The molecule has 0 aliphatic rings. The van der Waals surface area contributed by atoms with Crippen molar-refractivity contribution in [3.63, 3.8) is 0 Å². The number of nitrogens with one attached hydrogen (secondary N) is 1. The Hall–Kier alpha value is -3.33. The maximum atomic E-state index is 12.4. The van der Waals surface area contributed by atoms with Gasteiger partial charge in [0.05, 0.1) is 18.4 Å². The second-order valence-corrected chi connectivity index (χ2v) is 7.78. The molecule has 0 aliphatic carbocycles. The van der Waals surface area contributed by atoms with Crippen molar-refractivity contribution in [1.82, 2.24) is 14.8 Å². The van der Waals surface area contributed by atoms with Gasteiger partial charge in [-0.3, -0.25) is 4.79 Å². The molecule has 32 heavy (non-hydrogen) atoms. The highest BCUT2D eigenvalue weighted by molar-refractivity contribution is 7.99. The molecule has 0 saturated heterocycles. The molecule has 8 nitrogen and oxygen atoms in total. The van der Waals surface area contributed by atoms with Gasteiger partial charge in [-0.25, -0.2) is 4.79 Å². The minimum absolute atomic E-state index is 0.153. The smallest absolute Gasteiger partial charge is 0.337 e. The molecule has 2 aromatic carbocycles. The second-order valence-electron chi connectivity index (χ2n) is 6.84. The Balaban J connectivity index is 1.56. The van der Waals surface area contributed by atoms with E-state index in [0.29, 0.717) is 35.4 Å². The van der Waals surface area contributed by atoms with Crippen LogP contribution in [0.5, 0.6) is 5.75 Å². The van der Waals surface area contributed by atoms with Gasteiger partial charge in [0, 0.05) is 12.2 Å². The molecule has 9 heteroatoms. The number of aryl methyl sites for hydroxylation is 1. The van der Waals surface area contributed by atoms with Crippen LogP contribution in [0.25, 0.3) is 0 Å². The summed E-state index contributed by atoms with van der Waals surface area (Å²) in [6.07, 6.45) is 0.981. The molecule has 0 spiro atoms. The van der Waals surface area contributed by atoms with E-state index in [-0.39, 0.29) is 11.7 Å². The first-order valence-electron chi connectivity index (χ1n) is 10.3. The molecule has 3 aromatic rings. The van der Waals surface area contributed by atoms with Gasteiger partial charge in [-0.1, -0.05) is 36.9 Å². The van der Waals surface area contributed by atoms with Crippen molar-refractivity contribution in [1.29, 1.82) is 0 Å². The van der Waals surface area contributed by atoms with Gasteiger partial charge in [-0.2, -0.15) is 0 Å². The Morgan fingerprint density at radius 3 is 2.56 bits per heavy atom. The van der Waals surface area contributed by atoms with Gasteiger partial charge in [0.25, 0.3) is 0 Å². The molecule has 0 unspecified atom stereocenters. The summed E-state index contributed by atoms with van der Waals surface area (Å²) in [5.74, 6) is 0.954. The van der Waals surface area contributed by atoms with Crippen LogP contribution in [-0.2, 0) is 29.1 Å². The average Bonchev–Trinajstić information content (AvgIpc) is 3.23. The van der Waals surface area contributed by atoms with Gasteiger partial charge < -0.3 is 19.4 Å². The molecule has 168 valence electrons. The highest BCUT2D eigenvalue weighted by Gasteiger charge is 2.14. The SMILES string of the molecule is CCc1ccc(OCc2nnc(SCC(=O)Nc3cccc(C(=O)OC)c3)n2CC)cc1. The lowest BCUT2D eigenvalue weighted by molar-refractivity contribution is -0.113. The van der Waals surface area contributed by atoms with E-state index < -0.39 is 5.97 Å². The summed E-state index contributed by atoms with van der Waals surface area (Å²) in [5.41, 5.74) is 2.15. The maximum Gasteiger partial charge on any atom is 0.337 e. The molecule has 0 aliphatic heterocycles. The minimum Gasteiger partial charge on any atom is -0.486 e. The summed E-state index contributed by atoms with van der Waals surface area (Å²) >= 11 is 1.29. The predicted octanol–water partition coefficient (Wildman–Crippen LogP) is 3.96. The fraction of sp³-hybridized carbons (Fsp3) is 0.304. The molecule has 1 heterocycles. The normalized spacial score (nSPS) is 10.6. The molecule has 1 amide bonds. The van der Waals surface area contributed by atoms with Crippen LogP contribution in [-0.4, -0.2) is 39.5 Å². The van der Waals surface area contributed by atoms with Crippen molar-refractivity contribution < 1.29 is 19.1 Å². The monoisotopic (exact) mass is 454 g/mol. The molecule has 0 saturated carbocycles. The van der Waals surface area contributed by atoms with Gasteiger partial charge in [-0.05, 0) is 49.2 Å². The second kappa shape index (κ2) is 11.3. The summed E-state index contributed by atoms with van der Waals surface area (Å²) in [6, 6.07) is 14.6. The van der Waals surface area contributed by atoms with Crippen LogP contribution >= 0.6 is 11.8 Å². The summed E-state index contributed by atoms with van der Waals surface area (Å²) in [4.78, 5) is 24.0. The average molecular weight is 455 g/mol. The Kier molecular flexibility index (Phi) is 8.27. The number of aromatic nitrogens is 3. The number of nitrogens with zero attached hydrogens (tertiary/aromatic N) is 3. The number of ether oxygens (including phenoxy) is 2. The van der Waals surface area contributed by atoms with Crippen LogP contribution in [0.15, 0.2) is 53.7 Å². The summed E-state index contributed by atoms with van der Waals surface area (Å²) in [6.45, 7) is 5.05. The first kappa shape index (κ1) is 23.3. The van der Waals surface area contributed by atoms with E-state index in [1.807, 2.05) is 35.8 Å². The molecule has 1 N–H and O–H groups in total. The van der Waals surface area contributed by atoms with E-state index in [0.717, 1.165) is 12.2 Å². The Bertz CT molecular complexity index is 1070. The van der Waals surface area contributed by atoms with Crippen LogP contribution in [0.2, 0.25) is 0 Å². The van der Waals surface area contributed by atoms with E-state index in [2.05, 4.69) is 22.4 Å². The Morgan fingerprint density at radius 2 is 1.88 bits per heavy atom. The van der Waals surface area contributed by atoms with E-state index in [1.165, 1.54) is 24.4 Å². The van der Waals surface area contributed by atoms with Crippen LogP contribution in [0.1, 0.15) is 35.6 Å². The van der Waals surface area contributed by atoms with Crippen molar-refractivity contribution >= 4 is 29.3 Å². The molecular weight excluding hydrogens is 428 g/mol. The van der Waals surface area contributed by atoms with Crippen LogP contribution in [0.4, 0.5) is 5.69 Å². The summed E-state index contributed by atoms with van der Waals surface area (Å²) < 4.78 is 12.5. The van der Waals surface area contributed by atoms with E-state index in [9.17, 15) is 9.59 Å². The minimum atomic E-state index is -0.456. The Morgan fingerprint density at radius 1 is 1.09 bits per heavy atom. The van der Waals surface area contributed by atoms with Crippen LogP contribution in [0.3, 0.4) is 0 Å². The number of carbonyl (C=O) groups is 2. The van der Waals surface area contributed by atoms with E-state index in [4.69, 9.17) is 9.47 Å². The highest BCUT2D eigenvalue weighted by Crippen LogP contribution is 2.20. The zero-order valence-electron chi connectivity index (χ0n) is 18.3.